The van der Waals surface area contributed by atoms with Crippen molar-refractivity contribution in [1.29, 1.82) is 0 Å². The predicted molar refractivity (Wildman–Crippen MR) is 82.1 cm³/mol. The molecule has 0 heterocycles. The van der Waals surface area contributed by atoms with Crippen molar-refractivity contribution in [3.8, 4) is 0 Å². The minimum Gasteiger partial charge on any atom is -0.397 e. The highest BCUT2D eigenvalue weighted by molar-refractivity contribution is 7.80. The fraction of sp³-hybridized carbons (Fsp3) is 0. The molecule has 18 heavy (non-hydrogen) atoms. The minimum atomic E-state index is 0.445. The first-order valence-electron chi connectivity index (χ1n) is 5.34. The van der Waals surface area contributed by atoms with Gasteiger partial charge in [-0.25, -0.2) is 0 Å². The van der Waals surface area contributed by atoms with Crippen molar-refractivity contribution in [1.82, 2.24) is 0 Å². The lowest BCUT2D eigenvalue weighted by atomic mass is 10.3. The average molecular weight is 278 g/mol. The number of nitrogens with two attached hydrogens (primary N) is 1. The topological polar surface area (TPSA) is 50.1 Å². The van der Waals surface area contributed by atoms with E-state index in [0.29, 0.717) is 15.8 Å². The quantitative estimate of drug-likeness (QED) is 0.578. The largest absolute Gasteiger partial charge is 0.397 e. The van der Waals surface area contributed by atoms with E-state index in [0.717, 1.165) is 11.4 Å². The summed E-state index contributed by atoms with van der Waals surface area (Å²) in [5, 5.41) is 7.10. The van der Waals surface area contributed by atoms with Gasteiger partial charge in [0.05, 0.1) is 22.1 Å². The highest BCUT2D eigenvalue weighted by Crippen LogP contribution is 2.21. The molecule has 0 spiro atoms. The molecule has 4 N–H and O–H groups in total. The Hall–Kier alpha value is -1.78. The van der Waals surface area contributed by atoms with Crippen LogP contribution in [-0.2, 0) is 0 Å². The number of nitrogen functional groups attached to an aromatic ring is 1. The zero-order valence-electron chi connectivity index (χ0n) is 9.48. The highest BCUT2D eigenvalue weighted by atomic mass is 35.5. The Kier molecular flexibility index (Phi) is 4.02. The van der Waals surface area contributed by atoms with E-state index in [4.69, 9.17) is 29.6 Å². The first kappa shape index (κ1) is 12.7. The number of nitrogens with one attached hydrogen (secondary N) is 2. The van der Waals surface area contributed by atoms with E-state index in [1.54, 1.807) is 12.1 Å². The van der Waals surface area contributed by atoms with Crippen LogP contribution < -0.4 is 16.4 Å². The Balaban J connectivity index is 2.06. The van der Waals surface area contributed by atoms with Gasteiger partial charge in [-0.2, -0.15) is 0 Å². The first-order valence-corrected chi connectivity index (χ1v) is 6.12. The molecular weight excluding hydrogens is 266 g/mol. The SMILES string of the molecule is Nc1ccccc1NC(=S)Nc1ccccc1Cl. The Morgan fingerprint density at radius 1 is 0.944 bits per heavy atom. The van der Waals surface area contributed by atoms with Crippen LogP contribution in [0.1, 0.15) is 0 Å². The fourth-order valence-corrected chi connectivity index (χ4v) is 1.85. The van der Waals surface area contributed by atoms with E-state index < -0.39 is 0 Å². The predicted octanol–water partition coefficient (Wildman–Crippen LogP) is 3.73. The lowest BCUT2D eigenvalue weighted by Gasteiger charge is -2.12. The van der Waals surface area contributed by atoms with Gasteiger partial charge in [-0.1, -0.05) is 35.9 Å². The van der Waals surface area contributed by atoms with Gasteiger partial charge in [-0.05, 0) is 36.5 Å². The Labute approximate surface area is 116 Å². The molecule has 0 bridgehead atoms. The maximum absolute atomic E-state index is 6.03. The van der Waals surface area contributed by atoms with Gasteiger partial charge >= 0.3 is 0 Å². The number of rotatable bonds is 2. The molecule has 0 saturated carbocycles. The third kappa shape index (κ3) is 3.12. The number of thiocarbonyl (C=S) groups is 1. The van der Waals surface area contributed by atoms with Crippen molar-refractivity contribution < 1.29 is 0 Å². The molecule has 2 rings (SSSR count). The number of anilines is 3. The van der Waals surface area contributed by atoms with Crippen LogP contribution in [0.5, 0.6) is 0 Å². The van der Waals surface area contributed by atoms with Gasteiger partial charge in [0.2, 0.25) is 0 Å². The van der Waals surface area contributed by atoms with Crippen LogP contribution in [0.2, 0.25) is 5.02 Å². The highest BCUT2D eigenvalue weighted by Gasteiger charge is 2.03. The van der Waals surface area contributed by atoms with Crippen LogP contribution in [0.4, 0.5) is 17.1 Å². The van der Waals surface area contributed by atoms with Gasteiger partial charge in [-0.15, -0.1) is 0 Å². The maximum atomic E-state index is 6.03. The van der Waals surface area contributed by atoms with Gasteiger partial charge in [0.25, 0.3) is 0 Å². The minimum absolute atomic E-state index is 0.445. The van der Waals surface area contributed by atoms with Crippen molar-refractivity contribution >= 4 is 46.0 Å². The molecule has 0 radical (unpaired) electrons. The molecule has 0 aliphatic carbocycles. The molecule has 0 aliphatic rings. The van der Waals surface area contributed by atoms with Crippen LogP contribution >= 0.6 is 23.8 Å². The Morgan fingerprint density at radius 3 is 2.17 bits per heavy atom. The van der Waals surface area contributed by atoms with E-state index >= 15 is 0 Å². The van der Waals surface area contributed by atoms with Crippen LogP contribution in [0.15, 0.2) is 48.5 Å². The Morgan fingerprint density at radius 2 is 1.50 bits per heavy atom. The van der Waals surface area contributed by atoms with Crippen molar-refractivity contribution in [2.24, 2.45) is 0 Å². The number of hydrogen-bond donors (Lipinski definition) is 3. The van der Waals surface area contributed by atoms with Gasteiger partial charge < -0.3 is 16.4 Å². The van der Waals surface area contributed by atoms with E-state index in [2.05, 4.69) is 10.6 Å². The van der Waals surface area contributed by atoms with Gasteiger partial charge in [0, 0.05) is 0 Å². The molecule has 3 nitrogen and oxygen atoms in total. The average Bonchev–Trinajstić information content (AvgIpc) is 2.35. The summed E-state index contributed by atoms with van der Waals surface area (Å²) in [7, 11) is 0. The fourth-order valence-electron chi connectivity index (χ4n) is 1.45. The molecule has 0 saturated heterocycles. The van der Waals surface area contributed by atoms with Crippen molar-refractivity contribution in [2.45, 2.75) is 0 Å². The maximum Gasteiger partial charge on any atom is 0.175 e. The van der Waals surface area contributed by atoms with Gasteiger partial charge in [0.15, 0.2) is 5.11 Å². The molecule has 2 aromatic rings. The third-order valence-electron chi connectivity index (χ3n) is 2.33. The zero-order valence-corrected chi connectivity index (χ0v) is 11.1. The van der Waals surface area contributed by atoms with E-state index in [1.165, 1.54) is 0 Å². The van der Waals surface area contributed by atoms with Crippen molar-refractivity contribution in [2.75, 3.05) is 16.4 Å². The summed E-state index contributed by atoms with van der Waals surface area (Å²) in [5.41, 5.74) is 7.98. The smallest absolute Gasteiger partial charge is 0.175 e. The number of halogens is 1. The second-order valence-electron chi connectivity index (χ2n) is 3.65. The summed E-state index contributed by atoms with van der Waals surface area (Å²) < 4.78 is 0. The van der Waals surface area contributed by atoms with E-state index in [9.17, 15) is 0 Å². The van der Waals surface area contributed by atoms with Crippen molar-refractivity contribution in [3.63, 3.8) is 0 Å². The van der Waals surface area contributed by atoms with E-state index in [1.807, 2.05) is 36.4 Å². The molecule has 0 amide bonds. The monoisotopic (exact) mass is 277 g/mol. The summed E-state index contributed by atoms with van der Waals surface area (Å²) in [6.07, 6.45) is 0. The van der Waals surface area contributed by atoms with E-state index in [-0.39, 0.29) is 0 Å². The summed E-state index contributed by atoms with van der Waals surface area (Å²) in [6.45, 7) is 0. The number of benzene rings is 2. The molecule has 5 heteroatoms. The van der Waals surface area contributed by atoms with Gasteiger partial charge in [0.1, 0.15) is 0 Å². The summed E-state index contributed by atoms with van der Waals surface area (Å²) in [6, 6.07) is 14.8. The molecule has 0 aromatic heterocycles. The molecular formula is C13H12ClN3S. The molecule has 0 aliphatic heterocycles. The van der Waals surface area contributed by atoms with Crippen LogP contribution in [0.3, 0.4) is 0 Å². The molecule has 0 unspecified atom stereocenters. The molecule has 0 atom stereocenters. The normalized spacial score (nSPS) is 9.83. The van der Waals surface area contributed by atoms with Gasteiger partial charge in [-0.3, -0.25) is 0 Å². The van der Waals surface area contributed by atoms with Crippen LogP contribution in [0, 0.1) is 0 Å². The molecule has 92 valence electrons. The molecule has 2 aromatic carbocycles. The second kappa shape index (κ2) is 5.71. The third-order valence-corrected chi connectivity index (χ3v) is 2.86. The number of hydrogen-bond acceptors (Lipinski definition) is 2. The summed E-state index contributed by atoms with van der Waals surface area (Å²) in [4.78, 5) is 0. The molecule has 0 fully saturated rings. The van der Waals surface area contributed by atoms with Crippen LogP contribution in [0.25, 0.3) is 0 Å². The number of para-hydroxylation sites is 3. The standard InChI is InChI=1S/C13H12ClN3S/c14-9-5-1-3-7-11(9)16-13(18)17-12-8-4-2-6-10(12)15/h1-8H,15H2,(H2,16,17,18). The first-order chi connectivity index (χ1) is 8.66. The second-order valence-corrected chi connectivity index (χ2v) is 4.46. The zero-order chi connectivity index (χ0) is 13.0. The summed E-state index contributed by atoms with van der Waals surface area (Å²) >= 11 is 11.2. The van der Waals surface area contributed by atoms with Crippen LogP contribution in [-0.4, -0.2) is 5.11 Å². The Bertz CT molecular complexity index is 522. The lowest BCUT2D eigenvalue weighted by Crippen LogP contribution is -2.19. The lowest BCUT2D eigenvalue weighted by molar-refractivity contribution is 1.59. The van der Waals surface area contributed by atoms with Crippen molar-refractivity contribution in [3.05, 3.63) is 53.6 Å². The summed E-state index contributed by atoms with van der Waals surface area (Å²) in [5.74, 6) is 0.